The molecule has 4 nitrogen and oxygen atoms in total. The van der Waals surface area contributed by atoms with E-state index in [-0.39, 0.29) is 6.42 Å². The molecule has 0 radical (unpaired) electrons. The minimum absolute atomic E-state index is 0.237. The average molecular weight is 217 g/mol. The van der Waals surface area contributed by atoms with Crippen molar-refractivity contribution in [3.63, 3.8) is 0 Å². The molecule has 0 aromatic carbocycles. The van der Waals surface area contributed by atoms with E-state index in [1.807, 2.05) is 0 Å². The summed E-state index contributed by atoms with van der Waals surface area (Å²) in [5.41, 5.74) is 0. The third-order valence-corrected chi connectivity index (χ3v) is 2.01. The number of carboxylic acids is 1. The Balaban J connectivity index is 2.96. The summed E-state index contributed by atoms with van der Waals surface area (Å²) < 4.78 is 5.39. The first kappa shape index (κ1) is 14.4. The van der Waals surface area contributed by atoms with Crippen molar-refractivity contribution >= 4 is 5.97 Å². The molecule has 0 bridgehead atoms. The molecule has 0 fully saturated rings. The molecule has 0 amide bonds. The van der Waals surface area contributed by atoms with Crippen molar-refractivity contribution < 1.29 is 14.6 Å². The average Bonchev–Trinajstić information content (AvgIpc) is 2.14. The maximum absolute atomic E-state index is 10.2. The second kappa shape index (κ2) is 9.93. The Kier molecular flexibility index (Phi) is 9.52. The van der Waals surface area contributed by atoms with Crippen LogP contribution in [0.15, 0.2) is 0 Å². The van der Waals surface area contributed by atoms with E-state index in [2.05, 4.69) is 19.2 Å². The van der Waals surface area contributed by atoms with Crippen molar-refractivity contribution in [2.75, 3.05) is 26.3 Å². The maximum atomic E-state index is 10.2. The number of ether oxygens (including phenoxy) is 1. The molecule has 0 atom stereocenters. The Labute approximate surface area is 92.0 Å². The van der Waals surface area contributed by atoms with E-state index in [0.717, 1.165) is 26.1 Å². The first-order chi connectivity index (χ1) is 7.13. The van der Waals surface area contributed by atoms with Gasteiger partial charge in [0, 0.05) is 19.6 Å². The van der Waals surface area contributed by atoms with Gasteiger partial charge >= 0.3 is 5.97 Å². The van der Waals surface area contributed by atoms with Gasteiger partial charge in [-0.25, -0.2) is 0 Å². The van der Waals surface area contributed by atoms with Gasteiger partial charge in [0.1, 0.15) is 0 Å². The molecule has 0 rings (SSSR count). The highest BCUT2D eigenvalue weighted by atomic mass is 16.5. The molecular formula is C11H23NO3. The van der Waals surface area contributed by atoms with Gasteiger partial charge in [-0.1, -0.05) is 13.8 Å². The Bertz CT molecular complexity index is 160. The van der Waals surface area contributed by atoms with Gasteiger partial charge in [0.25, 0.3) is 0 Å². The fraction of sp³-hybridized carbons (Fsp3) is 0.909. The van der Waals surface area contributed by atoms with Gasteiger partial charge in [-0.3, -0.25) is 4.79 Å². The van der Waals surface area contributed by atoms with Gasteiger partial charge in [-0.2, -0.15) is 0 Å². The molecule has 0 saturated carbocycles. The van der Waals surface area contributed by atoms with Crippen molar-refractivity contribution in [2.24, 2.45) is 5.92 Å². The van der Waals surface area contributed by atoms with E-state index in [0.29, 0.717) is 18.9 Å². The number of carbonyl (C=O) groups is 1. The number of carboxylic acid groups (broad SMARTS) is 1. The van der Waals surface area contributed by atoms with Crippen LogP contribution in [0.2, 0.25) is 0 Å². The number of nitrogens with one attached hydrogen (secondary N) is 1. The fourth-order valence-corrected chi connectivity index (χ4v) is 1.06. The summed E-state index contributed by atoms with van der Waals surface area (Å²) in [4.78, 5) is 10.2. The van der Waals surface area contributed by atoms with Crippen molar-refractivity contribution in [1.82, 2.24) is 5.32 Å². The molecule has 15 heavy (non-hydrogen) atoms. The minimum atomic E-state index is -0.731. The third kappa shape index (κ3) is 13.4. The number of rotatable bonds is 10. The van der Waals surface area contributed by atoms with Gasteiger partial charge < -0.3 is 15.2 Å². The van der Waals surface area contributed by atoms with Gasteiger partial charge in [0.2, 0.25) is 0 Å². The largest absolute Gasteiger partial charge is 0.481 e. The summed E-state index contributed by atoms with van der Waals surface area (Å²) in [6, 6.07) is 0. The molecule has 90 valence electrons. The predicted octanol–water partition coefficient (Wildman–Crippen LogP) is 1.50. The first-order valence-electron chi connectivity index (χ1n) is 5.63. The van der Waals surface area contributed by atoms with E-state index in [1.54, 1.807) is 0 Å². The summed E-state index contributed by atoms with van der Waals surface area (Å²) in [7, 11) is 0. The molecular weight excluding hydrogens is 194 g/mol. The fourth-order valence-electron chi connectivity index (χ4n) is 1.06. The zero-order valence-electron chi connectivity index (χ0n) is 9.79. The van der Waals surface area contributed by atoms with Crippen LogP contribution in [0.5, 0.6) is 0 Å². The topological polar surface area (TPSA) is 58.6 Å². The lowest BCUT2D eigenvalue weighted by molar-refractivity contribution is -0.137. The van der Waals surface area contributed by atoms with Crippen LogP contribution < -0.4 is 5.32 Å². The maximum Gasteiger partial charge on any atom is 0.303 e. The number of hydrogen-bond donors (Lipinski definition) is 2. The molecule has 0 aliphatic carbocycles. The monoisotopic (exact) mass is 217 g/mol. The lowest BCUT2D eigenvalue weighted by Gasteiger charge is -2.07. The Morgan fingerprint density at radius 1 is 1.33 bits per heavy atom. The van der Waals surface area contributed by atoms with E-state index in [4.69, 9.17) is 9.84 Å². The van der Waals surface area contributed by atoms with Crippen molar-refractivity contribution in [3.8, 4) is 0 Å². The minimum Gasteiger partial charge on any atom is -0.481 e. The summed E-state index contributed by atoms with van der Waals surface area (Å²) in [5, 5.41) is 11.5. The molecule has 0 aliphatic heterocycles. The van der Waals surface area contributed by atoms with Gasteiger partial charge in [0.05, 0.1) is 6.61 Å². The van der Waals surface area contributed by atoms with E-state index >= 15 is 0 Å². The van der Waals surface area contributed by atoms with Gasteiger partial charge in [0.15, 0.2) is 0 Å². The highest BCUT2D eigenvalue weighted by Gasteiger charge is 1.96. The molecule has 2 N–H and O–H groups in total. The number of aliphatic carboxylic acids is 1. The summed E-state index contributed by atoms with van der Waals surface area (Å²) >= 11 is 0. The van der Waals surface area contributed by atoms with E-state index in [9.17, 15) is 4.79 Å². The lowest BCUT2D eigenvalue weighted by Crippen LogP contribution is -2.21. The zero-order valence-corrected chi connectivity index (χ0v) is 9.79. The quantitative estimate of drug-likeness (QED) is 0.544. The molecule has 0 aromatic heterocycles. The standard InChI is InChI=1S/C11H23NO3/c1-10(2)5-8-15-9-7-12-6-3-4-11(13)14/h10,12H,3-9H2,1-2H3,(H,13,14). The molecule has 0 unspecified atom stereocenters. The summed E-state index contributed by atoms with van der Waals surface area (Å²) in [5.74, 6) is -0.0430. The number of hydrogen-bond acceptors (Lipinski definition) is 3. The molecule has 0 spiro atoms. The summed E-state index contributed by atoms with van der Waals surface area (Å²) in [6.07, 6.45) is 2.02. The normalized spacial score (nSPS) is 10.9. The second-order valence-corrected chi connectivity index (χ2v) is 4.04. The molecule has 0 aliphatic rings. The van der Waals surface area contributed by atoms with Crippen LogP contribution in [0.4, 0.5) is 0 Å². The van der Waals surface area contributed by atoms with Crippen LogP contribution >= 0.6 is 0 Å². The molecule has 4 heteroatoms. The highest BCUT2D eigenvalue weighted by Crippen LogP contribution is 1.98. The Hall–Kier alpha value is -0.610. The Morgan fingerprint density at radius 2 is 2.07 bits per heavy atom. The van der Waals surface area contributed by atoms with Crippen molar-refractivity contribution in [1.29, 1.82) is 0 Å². The van der Waals surface area contributed by atoms with Crippen LogP contribution in [0.3, 0.4) is 0 Å². The third-order valence-electron chi connectivity index (χ3n) is 2.01. The van der Waals surface area contributed by atoms with Crippen LogP contribution in [-0.2, 0) is 9.53 Å². The second-order valence-electron chi connectivity index (χ2n) is 4.04. The van der Waals surface area contributed by atoms with Crippen molar-refractivity contribution in [3.05, 3.63) is 0 Å². The first-order valence-corrected chi connectivity index (χ1v) is 5.63. The van der Waals surface area contributed by atoms with Crippen molar-refractivity contribution in [2.45, 2.75) is 33.1 Å². The van der Waals surface area contributed by atoms with Crippen LogP contribution in [0.25, 0.3) is 0 Å². The predicted molar refractivity (Wildman–Crippen MR) is 60.0 cm³/mol. The molecule has 0 heterocycles. The molecule has 0 saturated heterocycles. The lowest BCUT2D eigenvalue weighted by atomic mass is 10.1. The Morgan fingerprint density at radius 3 is 2.67 bits per heavy atom. The van der Waals surface area contributed by atoms with Gasteiger partial charge in [-0.05, 0) is 25.3 Å². The van der Waals surface area contributed by atoms with Crippen LogP contribution in [-0.4, -0.2) is 37.4 Å². The smallest absolute Gasteiger partial charge is 0.303 e. The van der Waals surface area contributed by atoms with Crippen LogP contribution in [0.1, 0.15) is 33.1 Å². The van der Waals surface area contributed by atoms with E-state index in [1.165, 1.54) is 0 Å². The molecule has 0 aromatic rings. The SMILES string of the molecule is CC(C)CCOCCNCCCC(=O)O. The van der Waals surface area contributed by atoms with Gasteiger partial charge in [-0.15, -0.1) is 0 Å². The van der Waals surface area contributed by atoms with E-state index < -0.39 is 5.97 Å². The highest BCUT2D eigenvalue weighted by molar-refractivity contribution is 5.66. The summed E-state index contributed by atoms with van der Waals surface area (Å²) in [6.45, 7) is 7.42. The zero-order chi connectivity index (χ0) is 11.5. The van der Waals surface area contributed by atoms with Crippen LogP contribution in [0, 0.1) is 5.92 Å².